The van der Waals surface area contributed by atoms with Crippen LogP contribution in [0.25, 0.3) is 0 Å². The van der Waals surface area contributed by atoms with E-state index in [-0.39, 0.29) is 6.61 Å². The molecule has 0 saturated heterocycles. The monoisotopic (exact) mass is 153 g/mol. The van der Waals surface area contributed by atoms with Gasteiger partial charge in [-0.25, -0.2) is 4.98 Å². The number of H-pyrrole nitrogens is 1. The van der Waals surface area contributed by atoms with E-state index in [9.17, 15) is 0 Å². The maximum absolute atomic E-state index is 8.66. The Morgan fingerprint density at radius 3 is 2.70 bits per heavy atom. The molecule has 1 aromatic rings. The van der Waals surface area contributed by atoms with Crippen LogP contribution in [-0.2, 0) is 13.0 Å². The summed E-state index contributed by atoms with van der Waals surface area (Å²) in [4.78, 5) is 6.98. The largest absolute Gasteiger partial charge is 0.388 e. The molecule has 10 heavy (non-hydrogen) atoms. The fourth-order valence-corrected chi connectivity index (χ4v) is 1.17. The highest BCUT2D eigenvalue weighted by Gasteiger charge is 2.01. The van der Waals surface area contributed by atoms with Gasteiger partial charge in [-0.3, -0.25) is 0 Å². The van der Waals surface area contributed by atoms with E-state index in [0.29, 0.717) is 5.82 Å². The highest BCUT2D eigenvalue weighted by atomic mass is 28.1. The third-order valence-electron chi connectivity index (χ3n) is 1.33. The van der Waals surface area contributed by atoms with Crippen LogP contribution in [0.15, 0.2) is 0 Å². The van der Waals surface area contributed by atoms with E-state index >= 15 is 0 Å². The summed E-state index contributed by atoms with van der Waals surface area (Å²) in [6, 6.07) is 0. The van der Waals surface area contributed by atoms with Crippen molar-refractivity contribution in [1.29, 1.82) is 0 Å². The van der Waals surface area contributed by atoms with Crippen molar-refractivity contribution in [1.82, 2.24) is 9.97 Å². The van der Waals surface area contributed by atoms with Gasteiger partial charge in [0, 0.05) is 11.0 Å². The Labute approximate surface area is 62.9 Å². The topological polar surface area (TPSA) is 48.9 Å². The van der Waals surface area contributed by atoms with Gasteiger partial charge in [-0.05, 0) is 6.42 Å². The van der Waals surface area contributed by atoms with Crippen LogP contribution in [0.5, 0.6) is 0 Å². The lowest BCUT2D eigenvalue weighted by Crippen LogP contribution is -2.08. The number of aliphatic hydroxyl groups is 1. The number of aromatic nitrogens is 2. The van der Waals surface area contributed by atoms with Gasteiger partial charge in [-0.1, -0.05) is 6.92 Å². The van der Waals surface area contributed by atoms with Crippen molar-refractivity contribution in [2.75, 3.05) is 0 Å². The van der Waals surface area contributed by atoms with Gasteiger partial charge < -0.3 is 10.1 Å². The van der Waals surface area contributed by atoms with Gasteiger partial charge in [0.05, 0.1) is 0 Å². The second-order valence-corrected chi connectivity index (χ2v) is 2.50. The first kappa shape index (κ1) is 7.49. The molecule has 0 bridgehead atoms. The lowest BCUT2D eigenvalue weighted by Gasteiger charge is -1.88. The molecule has 0 spiro atoms. The molecule has 3 nitrogen and oxygen atoms in total. The quantitative estimate of drug-likeness (QED) is 0.550. The number of aryl methyl sites for hydroxylation is 1. The molecule has 1 rings (SSSR count). The lowest BCUT2D eigenvalue weighted by molar-refractivity contribution is 0.272. The second-order valence-electron chi connectivity index (χ2n) is 2.02. The van der Waals surface area contributed by atoms with Crippen LogP contribution in [0.4, 0.5) is 0 Å². The Morgan fingerprint density at radius 2 is 2.40 bits per heavy atom. The van der Waals surface area contributed by atoms with Crippen LogP contribution in [0, 0.1) is 0 Å². The summed E-state index contributed by atoms with van der Waals surface area (Å²) < 4.78 is 0. The molecular formula is C6H9N2OSi. The number of aromatic amines is 1. The average molecular weight is 153 g/mol. The molecule has 0 fully saturated rings. The van der Waals surface area contributed by atoms with Crippen LogP contribution in [0.1, 0.15) is 18.4 Å². The van der Waals surface area contributed by atoms with E-state index in [4.69, 9.17) is 5.11 Å². The number of hydrogen-bond donors (Lipinski definition) is 2. The first-order chi connectivity index (χ1) is 4.77. The fraction of sp³-hybridized carbons (Fsp3) is 0.500. The molecule has 1 heterocycles. The molecule has 0 aliphatic carbocycles. The Bertz CT molecular complexity index is 222. The van der Waals surface area contributed by atoms with Gasteiger partial charge in [-0.2, -0.15) is 0 Å². The number of rotatable bonds is 2. The Kier molecular flexibility index (Phi) is 2.24. The molecule has 0 atom stereocenters. The zero-order valence-corrected chi connectivity index (χ0v) is 6.81. The Hall–Kier alpha value is -0.613. The highest BCUT2D eigenvalue weighted by Crippen LogP contribution is 1.93. The van der Waals surface area contributed by atoms with Gasteiger partial charge in [-0.15, -0.1) is 0 Å². The molecule has 3 radical (unpaired) electrons. The molecule has 0 amide bonds. The summed E-state index contributed by atoms with van der Waals surface area (Å²) in [6.07, 6.45) is 0.895. The minimum absolute atomic E-state index is 0.0303. The minimum Gasteiger partial charge on any atom is -0.388 e. The first-order valence-corrected chi connectivity index (χ1v) is 3.68. The molecule has 2 N–H and O–H groups in total. The molecular weight excluding hydrogens is 144 g/mol. The Balaban J connectivity index is 2.92. The standard InChI is InChI=1S/C6H9N2OSi/c1-2-4-6(10)8-5(3-9)7-4/h9H,2-3H2,1H3,(H,7,8). The van der Waals surface area contributed by atoms with Crippen LogP contribution >= 0.6 is 0 Å². The molecule has 53 valence electrons. The van der Waals surface area contributed by atoms with E-state index in [1.165, 1.54) is 0 Å². The van der Waals surface area contributed by atoms with E-state index in [1.54, 1.807) is 0 Å². The summed E-state index contributed by atoms with van der Waals surface area (Å²) in [5, 5.41) is 9.45. The van der Waals surface area contributed by atoms with Gasteiger partial charge >= 0.3 is 0 Å². The fourth-order valence-electron chi connectivity index (χ4n) is 0.794. The van der Waals surface area contributed by atoms with Crippen LogP contribution in [0.3, 0.4) is 0 Å². The number of aliphatic hydroxyl groups excluding tert-OH is 1. The van der Waals surface area contributed by atoms with Crippen LogP contribution in [-0.4, -0.2) is 25.3 Å². The highest BCUT2D eigenvalue weighted by molar-refractivity contribution is 6.31. The maximum Gasteiger partial charge on any atom is 0.131 e. The average Bonchev–Trinajstić information content (AvgIpc) is 2.30. The SMILES string of the molecule is CCc1[nH]c(CO)nc1[Si]. The summed E-state index contributed by atoms with van der Waals surface area (Å²) in [5.41, 5.74) is 1.03. The predicted octanol–water partition coefficient (Wildman–Crippen LogP) is -0.742. The van der Waals surface area contributed by atoms with Crippen molar-refractivity contribution in [3.63, 3.8) is 0 Å². The van der Waals surface area contributed by atoms with Crippen molar-refractivity contribution >= 4 is 15.6 Å². The zero-order chi connectivity index (χ0) is 7.56. The van der Waals surface area contributed by atoms with E-state index in [1.807, 2.05) is 6.92 Å². The summed E-state index contributed by atoms with van der Waals surface area (Å²) in [6.45, 7) is 2.00. The van der Waals surface area contributed by atoms with Crippen LogP contribution < -0.4 is 5.32 Å². The number of imidazole rings is 1. The Morgan fingerprint density at radius 1 is 1.70 bits per heavy atom. The number of hydrogen-bond acceptors (Lipinski definition) is 2. The van der Waals surface area contributed by atoms with Crippen molar-refractivity contribution in [3.05, 3.63) is 11.5 Å². The smallest absolute Gasteiger partial charge is 0.131 e. The number of nitrogens with zero attached hydrogens (tertiary/aromatic N) is 1. The summed E-state index contributed by atoms with van der Waals surface area (Å²) in [5.74, 6) is 0.613. The summed E-state index contributed by atoms with van der Waals surface area (Å²) in [7, 11) is 3.31. The molecule has 4 heteroatoms. The van der Waals surface area contributed by atoms with Gasteiger partial charge in [0.25, 0.3) is 0 Å². The van der Waals surface area contributed by atoms with Gasteiger partial charge in [0.1, 0.15) is 22.7 Å². The van der Waals surface area contributed by atoms with Crippen molar-refractivity contribution in [2.45, 2.75) is 20.0 Å². The molecule has 0 unspecified atom stereocenters. The van der Waals surface area contributed by atoms with Gasteiger partial charge in [0.2, 0.25) is 0 Å². The van der Waals surface area contributed by atoms with Crippen molar-refractivity contribution in [2.24, 2.45) is 0 Å². The minimum atomic E-state index is -0.0303. The molecule has 0 aliphatic heterocycles. The third kappa shape index (κ3) is 1.27. The van der Waals surface area contributed by atoms with Gasteiger partial charge in [0.15, 0.2) is 0 Å². The lowest BCUT2D eigenvalue weighted by atomic mass is 10.4. The van der Waals surface area contributed by atoms with E-state index in [0.717, 1.165) is 17.4 Å². The van der Waals surface area contributed by atoms with E-state index < -0.39 is 0 Å². The van der Waals surface area contributed by atoms with E-state index in [2.05, 4.69) is 20.2 Å². The van der Waals surface area contributed by atoms with Crippen molar-refractivity contribution in [3.8, 4) is 0 Å². The first-order valence-electron chi connectivity index (χ1n) is 3.18. The molecule has 0 aromatic carbocycles. The van der Waals surface area contributed by atoms with Crippen molar-refractivity contribution < 1.29 is 5.11 Å². The molecule has 1 aromatic heterocycles. The molecule has 0 aliphatic rings. The zero-order valence-electron chi connectivity index (χ0n) is 5.81. The summed E-state index contributed by atoms with van der Waals surface area (Å²) >= 11 is 0. The number of nitrogens with one attached hydrogen (secondary N) is 1. The predicted molar refractivity (Wildman–Crippen MR) is 39.3 cm³/mol. The maximum atomic E-state index is 8.66. The second kappa shape index (κ2) is 2.98. The molecule has 0 saturated carbocycles. The normalized spacial score (nSPS) is 10.3. The van der Waals surface area contributed by atoms with Crippen LogP contribution in [0.2, 0.25) is 0 Å². The third-order valence-corrected chi connectivity index (χ3v) is 1.74.